The summed E-state index contributed by atoms with van der Waals surface area (Å²) in [5, 5.41) is 13.3. The number of aromatic nitrogens is 5. The summed E-state index contributed by atoms with van der Waals surface area (Å²) in [5.74, 6) is 0.319. The molecule has 0 spiro atoms. The first-order valence-corrected chi connectivity index (χ1v) is 11.3. The third-order valence-electron chi connectivity index (χ3n) is 6.20. The number of para-hydroxylation sites is 1. The minimum absolute atomic E-state index is 0.105. The molecule has 5 rings (SSSR count). The second-order valence-corrected chi connectivity index (χ2v) is 8.62. The van der Waals surface area contributed by atoms with Gasteiger partial charge in [-0.05, 0) is 58.7 Å². The Morgan fingerprint density at radius 3 is 2.56 bits per heavy atom. The monoisotopic (exact) mass is 428 g/mol. The van der Waals surface area contributed by atoms with E-state index in [0.29, 0.717) is 11.5 Å². The highest BCUT2D eigenvalue weighted by Gasteiger charge is 2.29. The van der Waals surface area contributed by atoms with Crippen molar-refractivity contribution >= 4 is 16.9 Å². The number of nitrogens with zero attached hydrogens (tertiary/aromatic N) is 5. The first-order chi connectivity index (χ1) is 15.5. The number of rotatable bonds is 6. The molecule has 1 fully saturated rings. The van der Waals surface area contributed by atoms with Gasteiger partial charge in [0.2, 0.25) is 0 Å². The van der Waals surface area contributed by atoms with Gasteiger partial charge in [0.05, 0.1) is 34.1 Å². The molecule has 3 heterocycles. The largest absolute Gasteiger partial charge is 0.345 e. The molecule has 0 bridgehead atoms. The topological polar surface area (TPSA) is 77.6 Å². The van der Waals surface area contributed by atoms with Crippen molar-refractivity contribution in [1.82, 2.24) is 29.9 Å². The average molecular weight is 429 g/mol. The molecule has 0 saturated heterocycles. The van der Waals surface area contributed by atoms with E-state index in [1.165, 1.54) is 0 Å². The third kappa shape index (κ3) is 3.57. The maximum atomic E-state index is 13.5. The van der Waals surface area contributed by atoms with Gasteiger partial charge in [-0.2, -0.15) is 10.2 Å². The molecule has 4 aromatic rings. The van der Waals surface area contributed by atoms with E-state index < -0.39 is 0 Å². The maximum absolute atomic E-state index is 13.5. The van der Waals surface area contributed by atoms with Crippen LogP contribution in [0.3, 0.4) is 0 Å². The van der Waals surface area contributed by atoms with Crippen molar-refractivity contribution in [2.75, 3.05) is 0 Å². The minimum Gasteiger partial charge on any atom is -0.345 e. The van der Waals surface area contributed by atoms with Gasteiger partial charge < -0.3 is 5.32 Å². The molecule has 1 saturated carbocycles. The summed E-state index contributed by atoms with van der Waals surface area (Å²) in [6.45, 7) is 8.78. The summed E-state index contributed by atoms with van der Waals surface area (Å²) in [4.78, 5) is 18.5. The SMILES string of the molecule is CCn1cc([C@H](C)NC(=O)c2cc(C3CC3)nc3c2c(C)nn3-c2ccccc2)c(C)n1. The van der Waals surface area contributed by atoms with Crippen LogP contribution in [0, 0.1) is 13.8 Å². The standard InChI is InChI=1S/C25H28N6O/c1-5-30-14-21(16(3)28-30)15(2)26-25(32)20-13-22(18-11-12-18)27-24-23(20)17(4)29-31(24)19-9-7-6-8-10-19/h6-10,13-15,18H,5,11-12H2,1-4H3,(H,26,32)/t15-/m0/s1. The van der Waals surface area contributed by atoms with E-state index in [0.717, 1.165) is 58.8 Å². The zero-order chi connectivity index (χ0) is 22.4. The lowest BCUT2D eigenvalue weighted by atomic mass is 10.1. The van der Waals surface area contributed by atoms with Gasteiger partial charge in [-0.15, -0.1) is 0 Å². The van der Waals surface area contributed by atoms with Crippen LogP contribution in [0.1, 0.15) is 71.7 Å². The molecule has 0 aliphatic heterocycles. The number of nitrogens with one attached hydrogen (secondary N) is 1. The van der Waals surface area contributed by atoms with Crippen molar-refractivity contribution in [1.29, 1.82) is 0 Å². The zero-order valence-corrected chi connectivity index (χ0v) is 19.0. The highest BCUT2D eigenvalue weighted by atomic mass is 16.1. The Morgan fingerprint density at radius 2 is 1.91 bits per heavy atom. The summed E-state index contributed by atoms with van der Waals surface area (Å²) < 4.78 is 3.75. The number of carbonyl (C=O) groups excluding carboxylic acids is 1. The summed E-state index contributed by atoms with van der Waals surface area (Å²) in [6.07, 6.45) is 4.24. The predicted octanol–water partition coefficient (Wildman–Crippen LogP) is 4.62. The summed E-state index contributed by atoms with van der Waals surface area (Å²) in [5.41, 5.74) is 6.06. The van der Waals surface area contributed by atoms with Crippen LogP contribution < -0.4 is 5.32 Å². The lowest BCUT2D eigenvalue weighted by Gasteiger charge is -2.15. The Kier molecular flexibility index (Phi) is 5.04. The number of benzene rings is 1. The predicted molar refractivity (Wildman–Crippen MR) is 124 cm³/mol. The van der Waals surface area contributed by atoms with Gasteiger partial charge in [0.25, 0.3) is 5.91 Å². The lowest BCUT2D eigenvalue weighted by Crippen LogP contribution is -2.27. The van der Waals surface area contributed by atoms with Gasteiger partial charge in [0.15, 0.2) is 5.65 Å². The first-order valence-electron chi connectivity index (χ1n) is 11.3. The van der Waals surface area contributed by atoms with Gasteiger partial charge in [-0.3, -0.25) is 9.48 Å². The molecule has 1 atom stereocenters. The van der Waals surface area contributed by atoms with Crippen molar-refractivity contribution < 1.29 is 4.79 Å². The highest BCUT2D eigenvalue weighted by Crippen LogP contribution is 2.40. The van der Waals surface area contributed by atoms with E-state index in [2.05, 4.69) is 17.3 Å². The normalized spacial score (nSPS) is 14.6. The Morgan fingerprint density at radius 1 is 1.16 bits per heavy atom. The summed E-state index contributed by atoms with van der Waals surface area (Å²) >= 11 is 0. The third-order valence-corrected chi connectivity index (χ3v) is 6.20. The molecule has 3 aromatic heterocycles. The van der Waals surface area contributed by atoms with E-state index in [1.54, 1.807) is 0 Å². The number of amides is 1. The van der Waals surface area contributed by atoms with Crippen molar-refractivity contribution in [3.8, 4) is 5.69 Å². The molecule has 0 unspecified atom stereocenters. The second kappa shape index (κ2) is 7.89. The van der Waals surface area contributed by atoms with E-state index in [4.69, 9.17) is 10.1 Å². The highest BCUT2D eigenvalue weighted by molar-refractivity contribution is 6.07. The maximum Gasteiger partial charge on any atom is 0.252 e. The van der Waals surface area contributed by atoms with E-state index in [-0.39, 0.29) is 11.9 Å². The number of carbonyl (C=O) groups is 1. The second-order valence-electron chi connectivity index (χ2n) is 8.62. The van der Waals surface area contributed by atoms with Crippen LogP contribution in [0.4, 0.5) is 0 Å². The van der Waals surface area contributed by atoms with E-state index in [1.807, 2.05) is 72.7 Å². The number of fused-ring (bicyclic) bond motifs is 1. The van der Waals surface area contributed by atoms with Crippen LogP contribution in [0.25, 0.3) is 16.7 Å². The van der Waals surface area contributed by atoms with Crippen molar-refractivity contribution in [2.24, 2.45) is 0 Å². The fraction of sp³-hybridized carbons (Fsp3) is 0.360. The van der Waals surface area contributed by atoms with Crippen molar-refractivity contribution in [3.63, 3.8) is 0 Å². The number of pyridine rings is 1. The summed E-state index contributed by atoms with van der Waals surface area (Å²) in [7, 11) is 0. The molecular weight excluding hydrogens is 400 g/mol. The smallest absolute Gasteiger partial charge is 0.252 e. The molecule has 164 valence electrons. The molecule has 0 radical (unpaired) electrons. The molecule has 1 N–H and O–H groups in total. The molecule has 1 aliphatic rings. The van der Waals surface area contributed by atoms with E-state index in [9.17, 15) is 4.79 Å². The number of aryl methyl sites for hydroxylation is 3. The first kappa shape index (κ1) is 20.4. The molecule has 7 heteroatoms. The van der Waals surface area contributed by atoms with Crippen LogP contribution >= 0.6 is 0 Å². The molecule has 7 nitrogen and oxygen atoms in total. The fourth-order valence-corrected chi connectivity index (χ4v) is 4.30. The fourth-order valence-electron chi connectivity index (χ4n) is 4.30. The van der Waals surface area contributed by atoms with Crippen LogP contribution in [-0.4, -0.2) is 30.5 Å². The number of hydrogen-bond acceptors (Lipinski definition) is 4. The number of hydrogen-bond donors (Lipinski definition) is 1. The van der Waals surface area contributed by atoms with E-state index >= 15 is 0 Å². The van der Waals surface area contributed by atoms with Gasteiger partial charge in [-0.25, -0.2) is 9.67 Å². The van der Waals surface area contributed by atoms with Gasteiger partial charge >= 0.3 is 0 Å². The Labute approximate surface area is 187 Å². The summed E-state index contributed by atoms with van der Waals surface area (Å²) in [6, 6.07) is 11.8. The molecule has 1 amide bonds. The van der Waals surface area contributed by atoms with Crippen molar-refractivity contribution in [2.45, 2.75) is 59.0 Å². The van der Waals surface area contributed by atoms with Crippen LogP contribution in [0.15, 0.2) is 42.6 Å². The Bertz CT molecular complexity index is 1300. The zero-order valence-electron chi connectivity index (χ0n) is 19.0. The molecule has 1 aromatic carbocycles. The van der Waals surface area contributed by atoms with Gasteiger partial charge in [0.1, 0.15) is 0 Å². The Hall–Kier alpha value is -3.48. The molecular formula is C25H28N6O. The average Bonchev–Trinajstić information content (AvgIpc) is 3.50. The minimum atomic E-state index is -0.153. The van der Waals surface area contributed by atoms with Gasteiger partial charge in [-0.1, -0.05) is 18.2 Å². The molecule has 1 aliphatic carbocycles. The van der Waals surface area contributed by atoms with Gasteiger partial charge in [0, 0.05) is 29.9 Å². The van der Waals surface area contributed by atoms with Crippen molar-refractivity contribution in [3.05, 3.63) is 70.8 Å². The van der Waals surface area contributed by atoms with Crippen LogP contribution in [-0.2, 0) is 6.54 Å². The molecule has 32 heavy (non-hydrogen) atoms. The quantitative estimate of drug-likeness (QED) is 0.486. The lowest BCUT2D eigenvalue weighted by molar-refractivity contribution is 0.0941. The Balaban J connectivity index is 1.57. The van der Waals surface area contributed by atoms with Crippen LogP contribution in [0.5, 0.6) is 0 Å². The van der Waals surface area contributed by atoms with Crippen LogP contribution in [0.2, 0.25) is 0 Å².